The van der Waals surface area contributed by atoms with Gasteiger partial charge >= 0.3 is 0 Å². The van der Waals surface area contributed by atoms with Gasteiger partial charge in [-0.3, -0.25) is 0 Å². The van der Waals surface area contributed by atoms with E-state index in [0.29, 0.717) is 0 Å². The zero-order valence-corrected chi connectivity index (χ0v) is 9.80. The van der Waals surface area contributed by atoms with Crippen LogP contribution >= 0.6 is 23.1 Å². The molecule has 0 saturated heterocycles. The molecule has 0 fully saturated rings. The molecular formula is C9H15NOS2. The number of nitrogens with two attached hydrogens (primary N) is 1. The van der Waals surface area contributed by atoms with Crippen molar-refractivity contribution in [2.24, 2.45) is 5.73 Å². The highest BCUT2D eigenvalue weighted by atomic mass is 32.2. The lowest BCUT2D eigenvalue weighted by Gasteiger charge is -2.04. The second-order valence-corrected chi connectivity index (χ2v) is 5.09. The van der Waals surface area contributed by atoms with Crippen molar-refractivity contribution >= 4 is 23.1 Å². The number of hydrogen-bond donors (Lipinski definition) is 1. The van der Waals surface area contributed by atoms with Crippen molar-refractivity contribution < 1.29 is 4.74 Å². The molecule has 1 heterocycles. The van der Waals surface area contributed by atoms with Gasteiger partial charge in [0, 0.05) is 11.6 Å². The maximum Gasteiger partial charge on any atom is 0.177 e. The molecule has 0 aliphatic rings. The third kappa shape index (κ3) is 2.90. The molecule has 0 saturated carbocycles. The molecule has 74 valence electrons. The molecule has 4 heteroatoms. The molecule has 0 aliphatic carbocycles. The summed E-state index contributed by atoms with van der Waals surface area (Å²) < 4.78 is 6.56. The van der Waals surface area contributed by atoms with Gasteiger partial charge in [-0.05, 0) is 25.7 Å². The summed E-state index contributed by atoms with van der Waals surface area (Å²) in [5, 5.41) is 1.00. The Labute approximate surface area is 87.5 Å². The van der Waals surface area contributed by atoms with Gasteiger partial charge in [0.25, 0.3) is 0 Å². The summed E-state index contributed by atoms with van der Waals surface area (Å²) in [6.07, 6.45) is 2.96. The first-order valence-corrected chi connectivity index (χ1v) is 6.17. The van der Waals surface area contributed by atoms with E-state index in [1.54, 1.807) is 30.2 Å². The third-order valence-corrected chi connectivity index (χ3v) is 3.88. The fourth-order valence-electron chi connectivity index (χ4n) is 1.15. The fraction of sp³-hybridized carbons (Fsp3) is 0.556. The smallest absolute Gasteiger partial charge is 0.177 e. The largest absolute Gasteiger partial charge is 0.487 e. The number of thiophene rings is 1. The molecule has 0 radical (unpaired) electrons. The fourth-order valence-corrected chi connectivity index (χ4v) is 2.71. The summed E-state index contributed by atoms with van der Waals surface area (Å²) >= 11 is 3.43. The predicted molar refractivity (Wildman–Crippen MR) is 60.0 cm³/mol. The third-order valence-electron chi connectivity index (χ3n) is 1.68. The maximum atomic E-state index is 5.74. The van der Waals surface area contributed by atoms with E-state index >= 15 is 0 Å². The summed E-state index contributed by atoms with van der Waals surface area (Å²) in [5.74, 6) is 0. The molecule has 0 amide bonds. The number of rotatable bonds is 4. The highest BCUT2D eigenvalue weighted by molar-refractivity contribution is 8.00. The van der Waals surface area contributed by atoms with Gasteiger partial charge < -0.3 is 10.5 Å². The van der Waals surface area contributed by atoms with E-state index in [0.717, 1.165) is 11.5 Å². The number of thioether (sulfide) groups is 1. The molecule has 1 aromatic heterocycles. The van der Waals surface area contributed by atoms with E-state index in [2.05, 4.69) is 12.3 Å². The molecule has 1 atom stereocenters. The van der Waals surface area contributed by atoms with Crippen molar-refractivity contribution in [2.45, 2.75) is 23.6 Å². The van der Waals surface area contributed by atoms with Crippen LogP contribution in [0.4, 0.5) is 0 Å². The van der Waals surface area contributed by atoms with E-state index < -0.39 is 0 Å². The molecule has 13 heavy (non-hydrogen) atoms. The van der Waals surface area contributed by atoms with Crippen molar-refractivity contribution in [3.05, 3.63) is 11.6 Å². The van der Waals surface area contributed by atoms with Gasteiger partial charge in [-0.1, -0.05) is 11.3 Å². The Morgan fingerprint density at radius 3 is 2.85 bits per heavy atom. The van der Waals surface area contributed by atoms with Gasteiger partial charge in [-0.2, -0.15) is 0 Å². The molecule has 0 unspecified atom stereocenters. The minimum atomic E-state index is 0.193. The Hall–Kier alpha value is -0.190. The molecule has 0 aliphatic heterocycles. The van der Waals surface area contributed by atoms with Gasteiger partial charge in [-0.25, -0.2) is 0 Å². The monoisotopic (exact) mass is 217 g/mol. The van der Waals surface area contributed by atoms with Crippen LogP contribution in [0.15, 0.2) is 10.3 Å². The summed E-state index contributed by atoms with van der Waals surface area (Å²) in [7, 11) is 1.71. The number of methoxy groups -OCH3 is 1. The Morgan fingerprint density at radius 2 is 2.38 bits per heavy atom. The van der Waals surface area contributed by atoms with Crippen LogP contribution in [0, 0.1) is 0 Å². The zero-order valence-electron chi connectivity index (χ0n) is 8.16. The van der Waals surface area contributed by atoms with Crippen molar-refractivity contribution in [2.75, 3.05) is 13.4 Å². The zero-order chi connectivity index (χ0) is 9.84. The molecule has 0 bridgehead atoms. The second-order valence-electron chi connectivity index (χ2n) is 2.97. The van der Waals surface area contributed by atoms with Crippen LogP contribution in [-0.4, -0.2) is 19.4 Å². The van der Waals surface area contributed by atoms with Crippen LogP contribution in [-0.2, 0) is 6.42 Å². The Kier molecular flexibility index (Phi) is 4.09. The van der Waals surface area contributed by atoms with Crippen LogP contribution < -0.4 is 10.5 Å². The number of hydrogen-bond acceptors (Lipinski definition) is 4. The standard InChI is InChI=1S/C9H15NOS2/c1-6(10)4-7-5-8(12-3)13-9(7)11-2/h5-6H,4,10H2,1-3H3/t6-/m0/s1. The van der Waals surface area contributed by atoms with E-state index in [4.69, 9.17) is 10.5 Å². The maximum absolute atomic E-state index is 5.74. The van der Waals surface area contributed by atoms with Gasteiger partial charge in [-0.15, -0.1) is 11.8 Å². The van der Waals surface area contributed by atoms with Crippen LogP contribution in [0.3, 0.4) is 0 Å². The van der Waals surface area contributed by atoms with Crippen molar-refractivity contribution in [1.29, 1.82) is 0 Å². The number of ether oxygens (including phenoxy) is 1. The van der Waals surface area contributed by atoms with Crippen LogP contribution in [0.1, 0.15) is 12.5 Å². The van der Waals surface area contributed by atoms with Crippen molar-refractivity contribution in [1.82, 2.24) is 0 Å². The summed E-state index contributed by atoms with van der Waals surface area (Å²) in [5.41, 5.74) is 6.97. The molecule has 1 rings (SSSR count). The normalized spacial score (nSPS) is 12.9. The summed E-state index contributed by atoms with van der Waals surface area (Å²) in [4.78, 5) is 0. The van der Waals surface area contributed by atoms with Gasteiger partial charge in [0.15, 0.2) is 5.06 Å². The van der Waals surface area contributed by atoms with Gasteiger partial charge in [0.05, 0.1) is 11.3 Å². The van der Waals surface area contributed by atoms with Gasteiger partial charge in [0.2, 0.25) is 0 Å². The first kappa shape index (κ1) is 10.9. The Morgan fingerprint density at radius 1 is 1.69 bits per heavy atom. The SMILES string of the molecule is COc1sc(SC)cc1C[C@H](C)N. The predicted octanol–water partition coefficient (Wildman–Crippen LogP) is 2.37. The van der Waals surface area contributed by atoms with Gasteiger partial charge in [0.1, 0.15) is 0 Å². The molecule has 1 aromatic rings. The quantitative estimate of drug-likeness (QED) is 0.786. The van der Waals surface area contributed by atoms with Crippen LogP contribution in [0.2, 0.25) is 0 Å². The lowest BCUT2D eigenvalue weighted by Crippen LogP contribution is -2.17. The average Bonchev–Trinajstić information content (AvgIpc) is 2.46. The summed E-state index contributed by atoms with van der Waals surface area (Å²) in [6.45, 7) is 2.01. The highest BCUT2D eigenvalue weighted by Crippen LogP contribution is 2.35. The lowest BCUT2D eigenvalue weighted by molar-refractivity contribution is 0.421. The van der Waals surface area contributed by atoms with Crippen LogP contribution in [0.5, 0.6) is 5.06 Å². The first-order chi connectivity index (χ1) is 6.17. The Balaban J connectivity index is 2.84. The molecule has 2 nitrogen and oxygen atoms in total. The van der Waals surface area contributed by atoms with Crippen molar-refractivity contribution in [3.8, 4) is 5.06 Å². The van der Waals surface area contributed by atoms with Crippen LogP contribution in [0.25, 0.3) is 0 Å². The lowest BCUT2D eigenvalue weighted by atomic mass is 10.1. The topological polar surface area (TPSA) is 35.2 Å². The first-order valence-electron chi connectivity index (χ1n) is 4.13. The molecule has 0 aromatic carbocycles. The van der Waals surface area contributed by atoms with E-state index in [1.807, 2.05) is 6.92 Å². The average molecular weight is 217 g/mol. The Bertz CT molecular complexity index is 271. The van der Waals surface area contributed by atoms with E-state index in [9.17, 15) is 0 Å². The minimum absolute atomic E-state index is 0.193. The minimum Gasteiger partial charge on any atom is -0.487 e. The molecular weight excluding hydrogens is 202 g/mol. The summed E-state index contributed by atoms with van der Waals surface area (Å²) in [6, 6.07) is 2.36. The van der Waals surface area contributed by atoms with E-state index in [-0.39, 0.29) is 6.04 Å². The molecule has 2 N–H and O–H groups in total. The second kappa shape index (κ2) is 4.88. The highest BCUT2D eigenvalue weighted by Gasteiger charge is 2.10. The molecule has 0 spiro atoms. The van der Waals surface area contributed by atoms with Crippen molar-refractivity contribution in [3.63, 3.8) is 0 Å². The van der Waals surface area contributed by atoms with E-state index in [1.165, 1.54) is 9.77 Å².